The molecule has 1 unspecified atom stereocenters. The van der Waals surface area contributed by atoms with Gasteiger partial charge in [-0.3, -0.25) is 4.90 Å². The molecule has 0 bridgehead atoms. The highest BCUT2D eigenvalue weighted by Gasteiger charge is 2.27. The molecule has 2 rings (SSSR count). The number of hydrogen-bond donors (Lipinski definition) is 1. The summed E-state index contributed by atoms with van der Waals surface area (Å²) in [6.07, 6.45) is 2.40. The van der Waals surface area contributed by atoms with Crippen LogP contribution < -0.4 is 5.32 Å². The zero-order chi connectivity index (χ0) is 13.7. The van der Waals surface area contributed by atoms with E-state index in [4.69, 9.17) is 4.74 Å². The van der Waals surface area contributed by atoms with Gasteiger partial charge in [-0.05, 0) is 33.2 Å². The van der Waals surface area contributed by atoms with Crippen LogP contribution in [0.1, 0.15) is 37.3 Å². The van der Waals surface area contributed by atoms with E-state index in [-0.39, 0.29) is 0 Å². The number of nitrogens with zero attached hydrogens (tertiary/aromatic N) is 3. The van der Waals surface area contributed by atoms with Gasteiger partial charge in [-0.2, -0.15) is 0 Å². The predicted molar refractivity (Wildman–Crippen MR) is 76.4 cm³/mol. The highest BCUT2D eigenvalue weighted by molar-refractivity contribution is 5.36. The maximum absolute atomic E-state index is 5.46. The molecule has 5 nitrogen and oxygen atoms in total. The number of ether oxygens (including phenoxy) is 1. The van der Waals surface area contributed by atoms with Gasteiger partial charge in [-0.15, -0.1) is 0 Å². The second kappa shape index (κ2) is 6.82. The number of rotatable bonds is 6. The van der Waals surface area contributed by atoms with Crippen LogP contribution in [-0.4, -0.2) is 48.2 Å². The average molecular weight is 264 g/mol. The summed E-state index contributed by atoms with van der Waals surface area (Å²) in [5.74, 6) is 1.73. The van der Waals surface area contributed by atoms with Crippen LogP contribution >= 0.6 is 0 Å². The maximum Gasteiger partial charge on any atom is 0.129 e. The molecule has 1 aromatic heterocycles. The van der Waals surface area contributed by atoms with Crippen molar-refractivity contribution in [3.05, 3.63) is 17.6 Å². The lowest BCUT2D eigenvalue weighted by molar-refractivity contribution is 0.108. The van der Waals surface area contributed by atoms with Crippen molar-refractivity contribution in [1.29, 1.82) is 0 Å². The number of aryl methyl sites for hydroxylation is 1. The first-order valence-corrected chi connectivity index (χ1v) is 7.09. The normalized spacial score (nSPS) is 19.8. The third-order valence-corrected chi connectivity index (χ3v) is 3.55. The van der Waals surface area contributed by atoms with Gasteiger partial charge in [0.15, 0.2) is 0 Å². The van der Waals surface area contributed by atoms with Gasteiger partial charge in [-0.25, -0.2) is 9.97 Å². The van der Waals surface area contributed by atoms with Crippen molar-refractivity contribution in [2.24, 2.45) is 0 Å². The Kier molecular flexibility index (Phi) is 5.10. The van der Waals surface area contributed by atoms with E-state index < -0.39 is 0 Å². The summed E-state index contributed by atoms with van der Waals surface area (Å²) in [7, 11) is 1.90. The third kappa shape index (κ3) is 3.64. The van der Waals surface area contributed by atoms with Crippen molar-refractivity contribution in [2.45, 2.75) is 32.7 Å². The summed E-state index contributed by atoms with van der Waals surface area (Å²) in [5.41, 5.74) is 1.13. The fourth-order valence-electron chi connectivity index (χ4n) is 2.64. The molecular weight excluding hydrogens is 240 g/mol. The van der Waals surface area contributed by atoms with E-state index in [2.05, 4.69) is 26.3 Å². The summed E-state index contributed by atoms with van der Waals surface area (Å²) in [4.78, 5) is 11.4. The van der Waals surface area contributed by atoms with Crippen LogP contribution in [-0.2, 0) is 4.74 Å². The van der Waals surface area contributed by atoms with Gasteiger partial charge in [0.05, 0.1) is 18.3 Å². The number of anilines is 1. The molecule has 0 aliphatic carbocycles. The van der Waals surface area contributed by atoms with Crippen LogP contribution in [0.5, 0.6) is 0 Å². The molecule has 0 spiro atoms. The molecule has 1 aromatic rings. The summed E-state index contributed by atoms with van der Waals surface area (Å²) in [5, 5.41) is 3.10. The van der Waals surface area contributed by atoms with E-state index in [0.29, 0.717) is 6.04 Å². The first kappa shape index (κ1) is 14.2. The molecule has 0 amide bonds. The standard InChI is InChI=1S/C14H24N4O/c1-4-19-9-8-18-7-5-6-13(18)12-10-14(15-3)17-11(2)16-12/h10,13H,4-9H2,1-3H3,(H,15,16,17). The van der Waals surface area contributed by atoms with Gasteiger partial charge in [0.1, 0.15) is 11.6 Å². The second-order valence-corrected chi connectivity index (χ2v) is 4.87. The molecule has 1 atom stereocenters. The zero-order valence-electron chi connectivity index (χ0n) is 12.1. The molecule has 5 heteroatoms. The van der Waals surface area contributed by atoms with Gasteiger partial charge in [-0.1, -0.05) is 0 Å². The van der Waals surface area contributed by atoms with E-state index in [1.807, 2.05) is 20.9 Å². The second-order valence-electron chi connectivity index (χ2n) is 4.87. The summed E-state index contributed by atoms with van der Waals surface area (Å²) in [6.45, 7) is 7.69. The minimum atomic E-state index is 0.411. The fourth-order valence-corrected chi connectivity index (χ4v) is 2.64. The average Bonchev–Trinajstić information content (AvgIpc) is 2.86. The molecule has 1 N–H and O–H groups in total. The molecule has 1 aliphatic heterocycles. The molecule has 106 valence electrons. The largest absolute Gasteiger partial charge is 0.380 e. The lowest BCUT2D eigenvalue weighted by Crippen LogP contribution is -2.28. The van der Waals surface area contributed by atoms with Gasteiger partial charge < -0.3 is 10.1 Å². The Morgan fingerprint density at radius 3 is 3.05 bits per heavy atom. The Morgan fingerprint density at radius 2 is 2.32 bits per heavy atom. The van der Waals surface area contributed by atoms with Crippen LogP contribution in [0.3, 0.4) is 0 Å². The quantitative estimate of drug-likeness (QED) is 0.796. The van der Waals surface area contributed by atoms with E-state index in [9.17, 15) is 0 Å². The molecule has 0 aromatic carbocycles. The predicted octanol–water partition coefficient (Wildman–Crippen LogP) is 2.00. The monoisotopic (exact) mass is 264 g/mol. The summed E-state index contributed by atoms with van der Waals surface area (Å²) in [6, 6.07) is 2.48. The topological polar surface area (TPSA) is 50.3 Å². The Hall–Kier alpha value is -1.20. The van der Waals surface area contributed by atoms with E-state index in [0.717, 1.165) is 43.6 Å². The Balaban J connectivity index is 2.08. The molecule has 1 saturated heterocycles. The number of nitrogens with one attached hydrogen (secondary N) is 1. The van der Waals surface area contributed by atoms with Crippen molar-refractivity contribution >= 4 is 5.82 Å². The van der Waals surface area contributed by atoms with Crippen LogP contribution in [0, 0.1) is 6.92 Å². The Bertz CT molecular complexity index is 410. The lowest BCUT2D eigenvalue weighted by Gasteiger charge is -2.24. The number of hydrogen-bond acceptors (Lipinski definition) is 5. The molecule has 1 fully saturated rings. The summed E-state index contributed by atoms with van der Waals surface area (Å²) < 4.78 is 5.46. The fraction of sp³-hybridized carbons (Fsp3) is 0.714. The highest BCUT2D eigenvalue weighted by Crippen LogP contribution is 2.31. The van der Waals surface area contributed by atoms with Gasteiger partial charge in [0.2, 0.25) is 0 Å². The molecule has 1 aliphatic rings. The zero-order valence-corrected chi connectivity index (χ0v) is 12.1. The van der Waals surface area contributed by atoms with E-state index in [1.165, 1.54) is 12.8 Å². The molecule has 19 heavy (non-hydrogen) atoms. The van der Waals surface area contributed by atoms with Gasteiger partial charge in [0, 0.05) is 26.3 Å². The Labute approximate surface area is 115 Å². The van der Waals surface area contributed by atoms with Crippen LogP contribution in [0.15, 0.2) is 6.07 Å². The summed E-state index contributed by atoms with van der Waals surface area (Å²) >= 11 is 0. The van der Waals surface area contributed by atoms with Crippen LogP contribution in [0.4, 0.5) is 5.82 Å². The van der Waals surface area contributed by atoms with Gasteiger partial charge >= 0.3 is 0 Å². The third-order valence-electron chi connectivity index (χ3n) is 3.55. The van der Waals surface area contributed by atoms with Crippen molar-refractivity contribution in [2.75, 3.05) is 38.7 Å². The number of likely N-dealkylation sites (tertiary alicyclic amines) is 1. The van der Waals surface area contributed by atoms with Crippen molar-refractivity contribution in [1.82, 2.24) is 14.9 Å². The maximum atomic E-state index is 5.46. The first-order valence-electron chi connectivity index (χ1n) is 7.09. The van der Waals surface area contributed by atoms with Crippen molar-refractivity contribution in [3.8, 4) is 0 Å². The molecule has 0 radical (unpaired) electrons. The smallest absolute Gasteiger partial charge is 0.129 e. The van der Waals surface area contributed by atoms with E-state index in [1.54, 1.807) is 0 Å². The highest BCUT2D eigenvalue weighted by atomic mass is 16.5. The van der Waals surface area contributed by atoms with Crippen molar-refractivity contribution in [3.63, 3.8) is 0 Å². The minimum Gasteiger partial charge on any atom is -0.380 e. The lowest BCUT2D eigenvalue weighted by atomic mass is 10.1. The molecular formula is C14H24N4O. The minimum absolute atomic E-state index is 0.411. The SMILES string of the molecule is CCOCCN1CCCC1c1cc(NC)nc(C)n1. The van der Waals surface area contributed by atoms with Crippen LogP contribution in [0.25, 0.3) is 0 Å². The first-order chi connectivity index (χ1) is 9.24. The van der Waals surface area contributed by atoms with Gasteiger partial charge in [0.25, 0.3) is 0 Å². The number of aromatic nitrogens is 2. The molecule has 2 heterocycles. The Morgan fingerprint density at radius 1 is 1.47 bits per heavy atom. The van der Waals surface area contributed by atoms with Crippen molar-refractivity contribution < 1.29 is 4.74 Å². The van der Waals surface area contributed by atoms with E-state index >= 15 is 0 Å². The molecule has 0 saturated carbocycles. The van der Waals surface area contributed by atoms with Crippen LogP contribution in [0.2, 0.25) is 0 Å².